The van der Waals surface area contributed by atoms with Crippen LogP contribution in [0.3, 0.4) is 0 Å². The first kappa shape index (κ1) is 15.8. The molecule has 0 aliphatic rings. The second-order valence-corrected chi connectivity index (χ2v) is 5.14. The fourth-order valence-corrected chi connectivity index (χ4v) is 2.40. The van der Waals surface area contributed by atoms with Gasteiger partial charge in [-0.3, -0.25) is 0 Å². The molecule has 0 unspecified atom stereocenters. The Balaban J connectivity index is 2.21. The Morgan fingerprint density at radius 1 is 1.00 bits per heavy atom. The van der Waals surface area contributed by atoms with Crippen molar-refractivity contribution >= 4 is 16.9 Å². The van der Waals surface area contributed by atoms with Crippen LogP contribution in [0.25, 0.3) is 22.2 Å². The van der Waals surface area contributed by atoms with Gasteiger partial charge in [-0.05, 0) is 36.4 Å². The monoisotopic (exact) mass is 333 g/mol. The van der Waals surface area contributed by atoms with Crippen LogP contribution >= 0.6 is 0 Å². The average molecular weight is 333 g/mol. The molecular weight excluding hydrogens is 323 g/mol. The van der Waals surface area contributed by atoms with Crippen molar-refractivity contribution < 1.29 is 28.2 Å². The largest absolute Gasteiger partial charge is 0.508 e. The molecule has 122 valence electrons. The molecule has 0 amide bonds. The lowest BCUT2D eigenvalue weighted by Crippen LogP contribution is -2.10. The molecular formula is C17H10F3NO3. The Hall–Kier alpha value is -3.09. The van der Waals surface area contributed by atoms with E-state index in [0.717, 1.165) is 12.1 Å². The molecule has 3 aromatic rings. The summed E-state index contributed by atoms with van der Waals surface area (Å²) in [5, 5.41) is 18.9. The van der Waals surface area contributed by atoms with E-state index in [1.54, 1.807) is 6.07 Å². The van der Waals surface area contributed by atoms with Crippen LogP contribution in [0.1, 0.15) is 15.9 Å². The molecule has 7 heteroatoms. The third-order valence-corrected chi connectivity index (χ3v) is 3.52. The maximum Gasteiger partial charge on any atom is 0.417 e. The minimum Gasteiger partial charge on any atom is -0.508 e. The van der Waals surface area contributed by atoms with Gasteiger partial charge in [0.05, 0.1) is 22.3 Å². The van der Waals surface area contributed by atoms with Gasteiger partial charge in [-0.15, -0.1) is 0 Å². The predicted octanol–water partition coefficient (Wildman–Crippen LogP) is 4.32. The minimum atomic E-state index is -4.72. The first-order chi connectivity index (χ1) is 11.3. The number of carboxylic acids is 1. The van der Waals surface area contributed by atoms with Gasteiger partial charge >= 0.3 is 12.1 Å². The van der Waals surface area contributed by atoms with E-state index < -0.39 is 23.3 Å². The summed E-state index contributed by atoms with van der Waals surface area (Å²) >= 11 is 0. The van der Waals surface area contributed by atoms with Gasteiger partial charge in [0, 0.05) is 10.9 Å². The Bertz CT molecular complexity index is 951. The van der Waals surface area contributed by atoms with E-state index in [1.165, 1.54) is 24.3 Å². The van der Waals surface area contributed by atoms with Gasteiger partial charge < -0.3 is 10.2 Å². The predicted molar refractivity (Wildman–Crippen MR) is 80.8 cm³/mol. The molecule has 0 fully saturated rings. The van der Waals surface area contributed by atoms with Gasteiger partial charge in [0.1, 0.15) is 5.75 Å². The zero-order valence-electron chi connectivity index (χ0n) is 12.0. The molecule has 1 aromatic heterocycles. The summed E-state index contributed by atoms with van der Waals surface area (Å²) in [6.45, 7) is 0. The van der Waals surface area contributed by atoms with Crippen LogP contribution in [-0.4, -0.2) is 21.2 Å². The number of aromatic nitrogens is 1. The second kappa shape index (κ2) is 5.52. The summed E-state index contributed by atoms with van der Waals surface area (Å²) < 4.78 is 39.9. The first-order valence-electron chi connectivity index (χ1n) is 6.80. The van der Waals surface area contributed by atoms with Gasteiger partial charge in [0.15, 0.2) is 0 Å². The van der Waals surface area contributed by atoms with Crippen LogP contribution in [0.5, 0.6) is 5.75 Å². The first-order valence-corrected chi connectivity index (χ1v) is 6.80. The molecule has 2 N–H and O–H groups in total. The molecule has 2 aromatic carbocycles. The maximum atomic E-state index is 13.3. The van der Waals surface area contributed by atoms with Gasteiger partial charge in [0.25, 0.3) is 0 Å². The molecule has 1 heterocycles. The van der Waals surface area contributed by atoms with Gasteiger partial charge in [0.2, 0.25) is 0 Å². The highest BCUT2D eigenvalue weighted by Crippen LogP contribution is 2.37. The second-order valence-electron chi connectivity index (χ2n) is 5.14. The fraction of sp³-hybridized carbons (Fsp3) is 0.0588. The van der Waals surface area contributed by atoms with Gasteiger partial charge in [-0.25, -0.2) is 9.78 Å². The highest BCUT2D eigenvalue weighted by atomic mass is 19.4. The normalized spacial score (nSPS) is 11.6. The summed E-state index contributed by atoms with van der Waals surface area (Å²) in [6.07, 6.45) is -4.72. The van der Waals surface area contributed by atoms with Gasteiger partial charge in [-0.2, -0.15) is 13.2 Å². The number of halogens is 3. The number of benzene rings is 2. The molecule has 0 atom stereocenters. The molecule has 0 aliphatic carbocycles. The van der Waals surface area contributed by atoms with Gasteiger partial charge in [-0.1, -0.05) is 12.1 Å². The molecule has 0 saturated heterocycles. The molecule has 0 saturated carbocycles. The zero-order valence-corrected chi connectivity index (χ0v) is 12.0. The molecule has 4 nitrogen and oxygen atoms in total. The van der Waals surface area contributed by atoms with Crippen LogP contribution in [0.15, 0.2) is 48.5 Å². The van der Waals surface area contributed by atoms with E-state index >= 15 is 0 Å². The standard InChI is InChI=1S/C17H10F3NO3/c18-17(19,20)13-8-10(16(23)24)1-4-12(13)15-5-2-9-7-11(22)3-6-14(9)21-15/h1-8,22H,(H,23,24). The smallest absolute Gasteiger partial charge is 0.417 e. The third-order valence-electron chi connectivity index (χ3n) is 3.52. The molecule has 0 aliphatic heterocycles. The number of aromatic hydroxyl groups is 1. The average Bonchev–Trinajstić information content (AvgIpc) is 2.53. The van der Waals surface area contributed by atoms with E-state index in [0.29, 0.717) is 17.0 Å². The number of carbonyl (C=O) groups is 1. The summed E-state index contributed by atoms with van der Waals surface area (Å²) in [7, 11) is 0. The van der Waals surface area contributed by atoms with E-state index in [9.17, 15) is 23.1 Å². The number of hydrogen-bond donors (Lipinski definition) is 2. The fourth-order valence-electron chi connectivity index (χ4n) is 2.40. The summed E-state index contributed by atoms with van der Waals surface area (Å²) in [5.41, 5.74) is -1.23. The molecule has 0 spiro atoms. The number of carboxylic acid groups (broad SMARTS) is 1. The summed E-state index contributed by atoms with van der Waals surface area (Å²) in [4.78, 5) is 15.1. The van der Waals surface area contributed by atoms with Crippen LogP contribution < -0.4 is 0 Å². The molecule has 3 rings (SSSR count). The third kappa shape index (κ3) is 2.88. The van der Waals surface area contributed by atoms with E-state index in [1.807, 2.05) is 0 Å². The number of rotatable bonds is 2. The minimum absolute atomic E-state index is 0.0267. The Labute approximate surface area is 133 Å². The topological polar surface area (TPSA) is 70.4 Å². The number of aromatic carboxylic acids is 1. The van der Waals surface area contributed by atoms with Crippen molar-refractivity contribution in [1.82, 2.24) is 4.98 Å². The van der Waals surface area contributed by atoms with Crippen molar-refractivity contribution in [2.24, 2.45) is 0 Å². The number of fused-ring (bicyclic) bond motifs is 1. The van der Waals surface area contributed by atoms with Crippen molar-refractivity contribution in [1.29, 1.82) is 0 Å². The van der Waals surface area contributed by atoms with Crippen LogP contribution in [0.2, 0.25) is 0 Å². The van der Waals surface area contributed by atoms with Crippen LogP contribution in [0, 0.1) is 0 Å². The van der Waals surface area contributed by atoms with Crippen LogP contribution in [-0.2, 0) is 6.18 Å². The number of nitrogens with zero attached hydrogens (tertiary/aromatic N) is 1. The number of phenolic OH excluding ortho intramolecular Hbond substituents is 1. The highest BCUT2D eigenvalue weighted by molar-refractivity contribution is 5.89. The quantitative estimate of drug-likeness (QED) is 0.732. The number of phenols is 1. The lowest BCUT2D eigenvalue weighted by molar-refractivity contribution is -0.137. The lowest BCUT2D eigenvalue weighted by atomic mass is 9.99. The van der Waals surface area contributed by atoms with E-state index in [2.05, 4.69) is 4.98 Å². The Morgan fingerprint density at radius 2 is 1.75 bits per heavy atom. The summed E-state index contributed by atoms with van der Waals surface area (Å²) in [5.74, 6) is -1.41. The SMILES string of the molecule is O=C(O)c1ccc(-c2ccc3cc(O)ccc3n2)c(C(F)(F)F)c1. The van der Waals surface area contributed by atoms with Crippen molar-refractivity contribution in [3.63, 3.8) is 0 Å². The maximum absolute atomic E-state index is 13.3. The van der Waals surface area contributed by atoms with Crippen molar-refractivity contribution in [3.05, 3.63) is 59.7 Å². The summed E-state index contributed by atoms with van der Waals surface area (Å²) in [6, 6.07) is 10.1. The molecule has 0 bridgehead atoms. The Kier molecular flexibility index (Phi) is 3.63. The Morgan fingerprint density at radius 3 is 2.42 bits per heavy atom. The highest BCUT2D eigenvalue weighted by Gasteiger charge is 2.34. The molecule has 24 heavy (non-hydrogen) atoms. The number of hydrogen-bond acceptors (Lipinski definition) is 3. The van der Waals surface area contributed by atoms with Crippen molar-refractivity contribution in [2.75, 3.05) is 0 Å². The van der Waals surface area contributed by atoms with E-state index in [4.69, 9.17) is 5.11 Å². The number of pyridine rings is 1. The van der Waals surface area contributed by atoms with E-state index in [-0.39, 0.29) is 17.0 Å². The molecule has 0 radical (unpaired) electrons. The number of alkyl halides is 3. The van der Waals surface area contributed by atoms with Crippen molar-refractivity contribution in [3.8, 4) is 17.0 Å². The lowest BCUT2D eigenvalue weighted by Gasteiger charge is -2.14. The van der Waals surface area contributed by atoms with Crippen LogP contribution in [0.4, 0.5) is 13.2 Å². The zero-order chi connectivity index (χ0) is 17.5. The van der Waals surface area contributed by atoms with Crippen molar-refractivity contribution in [2.45, 2.75) is 6.18 Å².